The summed E-state index contributed by atoms with van der Waals surface area (Å²) in [5, 5.41) is 19.3. The van der Waals surface area contributed by atoms with Gasteiger partial charge in [0.15, 0.2) is 0 Å². The van der Waals surface area contributed by atoms with Gasteiger partial charge in [0, 0.05) is 43.0 Å². The van der Waals surface area contributed by atoms with Crippen LogP contribution in [0.4, 0.5) is 11.5 Å². The Bertz CT molecular complexity index is 2100. The summed E-state index contributed by atoms with van der Waals surface area (Å²) >= 11 is 0. The Labute approximate surface area is 285 Å². The highest BCUT2D eigenvalue weighted by molar-refractivity contribution is 6.10. The molecule has 9 heteroatoms. The molecule has 0 bridgehead atoms. The summed E-state index contributed by atoms with van der Waals surface area (Å²) in [7, 11) is 3.55. The fourth-order valence-corrected chi connectivity index (χ4v) is 6.33. The van der Waals surface area contributed by atoms with Gasteiger partial charge in [-0.1, -0.05) is 80.6 Å². The molecule has 0 unspecified atom stereocenters. The lowest BCUT2D eigenvalue weighted by atomic mass is 9.94. The number of carbonyl (C=O) groups excluding carboxylic acids is 1. The maximum atomic E-state index is 13.2. The minimum Gasteiger partial charge on any atom is -0.496 e. The van der Waals surface area contributed by atoms with E-state index in [1.807, 2.05) is 82.4 Å². The number of fused-ring (bicyclic) bond motifs is 1. The zero-order valence-electron chi connectivity index (χ0n) is 28.2. The highest BCUT2D eigenvalue weighted by atomic mass is 16.6. The molecule has 2 aromatic heterocycles. The van der Waals surface area contributed by atoms with Gasteiger partial charge in [0.2, 0.25) is 0 Å². The molecule has 2 heterocycles. The van der Waals surface area contributed by atoms with Gasteiger partial charge in [-0.2, -0.15) is 0 Å². The van der Waals surface area contributed by atoms with E-state index in [1.54, 1.807) is 31.5 Å². The van der Waals surface area contributed by atoms with Gasteiger partial charge >= 0.3 is 0 Å². The number of ether oxygens (including phenoxy) is 1. The summed E-state index contributed by atoms with van der Waals surface area (Å²) in [6.07, 6.45) is 1.79. The number of amides is 1. The number of nitro groups is 1. The van der Waals surface area contributed by atoms with Gasteiger partial charge in [0.05, 0.1) is 40.2 Å². The SMILES string of the molecule is COc1cc(-c2c(-c3ccc([N+](=O)[O-])cc3C)n(C)c3ccnc(NC(c4ccccc4)c4ccccc4)c23)ccc1C(=O)NCC(C)C. The number of aromatic nitrogens is 2. The summed E-state index contributed by atoms with van der Waals surface area (Å²) < 4.78 is 7.90. The average molecular weight is 654 g/mol. The van der Waals surface area contributed by atoms with Crippen LogP contribution < -0.4 is 15.4 Å². The number of pyridine rings is 1. The molecule has 1 amide bonds. The molecule has 0 radical (unpaired) electrons. The molecule has 248 valence electrons. The fraction of sp³-hybridized carbons (Fsp3) is 0.200. The summed E-state index contributed by atoms with van der Waals surface area (Å²) in [6.45, 7) is 6.51. The predicted molar refractivity (Wildman–Crippen MR) is 195 cm³/mol. The Hall–Kier alpha value is -5.96. The quantitative estimate of drug-likeness (QED) is 0.107. The Morgan fingerprint density at radius 2 is 1.61 bits per heavy atom. The van der Waals surface area contributed by atoms with Crippen molar-refractivity contribution in [2.45, 2.75) is 26.8 Å². The number of aryl methyl sites for hydroxylation is 2. The third kappa shape index (κ3) is 6.60. The van der Waals surface area contributed by atoms with Crippen LogP contribution in [0.15, 0.2) is 109 Å². The molecule has 0 aliphatic carbocycles. The largest absolute Gasteiger partial charge is 0.496 e. The Morgan fingerprint density at radius 1 is 0.939 bits per heavy atom. The molecule has 0 saturated carbocycles. The van der Waals surface area contributed by atoms with Crippen LogP contribution in [0.2, 0.25) is 0 Å². The first-order valence-electron chi connectivity index (χ1n) is 16.2. The second kappa shape index (κ2) is 14.0. The van der Waals surface area contributed by atoms with Crippen molar-refractivity contribution in [3.05, 3.63) is 142 Å². The van der Waals surface area contributed by atoms with Crippen LogP contribution in [-0.4, -0.2) is 34.0 Å². The van der Waals surface area contributed by atoms with Gasteiger partial charge in [0.25, 0.3) is 11.6 Å². The number of non-ortho nitro benzene ring substituents is 1. The second-order valence-electron chi connectivity index (χ2n) is 12.5. The zero-order chi connectivity index (χ0) is 34.7. The monoisotopic (exact) mass is 653 g/mol. The van der Waals surface area contributed by atoms with Crippen molar-refractivity contribution in [2.24, 2.45) is 13.0 Å². The maximum Gasteiger partial charge on any atom is 0.269 e. The van der Waals surface area contributed by atoms with E-state index >= 15 is 0 Å². The van der Waals surface area contributed by atoms with E-state index in [1.165, 1.54) is 6.07 Å². The number of nitrogens with one attached hydrogen (secondary N) is 2. The standard InChI is InChI=1S/C40H39N5O4/c1-25(2)24-42-40(46)32-18-16-29(23-34(32)49-5)35-36-33(44(4)38(35)31-19-17-30(45(47)48)22-26(31)3)20-21-41-39(36)43-37(27-12-8-6-9-13-27)28-14-10-7-11-15-28/h6-23,25,37H,24H2,1-5H3,(H,41,43)(H,42,46). The van der Waals surface area contributed by atoms with Crippen LogP contribution in [0.5, 0.6) is 5.75 Å². The predicted octanol–water partition coefficient (Wildman–Crippen LogP) is 8.72. The summed E-state index contributed by atoms with van der Waals surface area (Å²) in [4.78, 5) is 29.4. The van der Waals surface area contributed by atoms with E-state index in [9.17, 15) is 14.9 Å². The number of carbonyl (C=O) groups is 1. The van der Waals surface area contributed by atoms with E-state index in [-0.39, 0.29) is 22.6 Å². The molecular weight excluding hydrogens is 614 g/mol. The van der Waals surface area contributed by atoms with Crippen LogP contribution in [-0.2, 0) is 7.05 Å². The number of nitro benzene ring substituents is 1. The maximum absolute atomic E-state index is 13.2. The lowest BCUT2D eigenvalue weighted by Gasteiger charge is -2.21. The number of nitrogens with zero attached hydrogens (tertiary/aromatic N) is 3. The van der Waals surface area contributed by atoms with Crippen LogP contribution in [0.3, 0.4) is 0 Å². The normalized spacial score (nSPS) is 11.2. The van der Waals surface area contributed by atoms with Gasteiger partial charge in [-0.15, -0.1) is 0 Å². The second-order valence-corrected chi connectivity index (χ2v) is 12.5. The van der Waals surface area contributed by atoms with Crippen LogP contribution >= 0.6 is 0 Å². The summed E-state index contributed by atoms with van der Waals surface area (Å²) in [5.41, 5.74) is 7.65. The highest BCUT2D eigenvalue weighted by Gasteiger charge is 2.26. The van der Waals surface area contributed by atoms with Crippen molar-refractivity contribution in [2.75, 3.05) is 19.0 Å². The van der Waals surface area contributed by atoms with Gasteiger partial charge in [-0.3, -0.25) is 14.9 Å². The molecule has 6 rings (SSSR count). The third-order valence-corrected chi connectivity index (χ3v) is 8.74. The molecular formula is C40H39N5O4. The van der Waals surface area contributed by atoms with Crippen LogP contribution in [0.25, 0.3) is 33.3 Å². The van der Waals surface area contributed by atoms with Crippen LogP contribution in [0, 0.1) is 23.0 Å². The molecule has 2 N–H and O–H groups in total. The summed E-state index contributed by atoms with van der Waals surface area (Å²) in [6, 6.07) is 32.7. The number of rotatable bonds is 11. The van der Waals surface area contributed by atoms with Gasteiger partial charge in [-0.25, -0.2) is 4.98 Å². The minimum absolute atomic E-state index is 0.0255. The number of hydrogen-bond acceptors (Lipinski definition) is 6. The first kappa shape index (κ1) is 33.0. The fourth-order valence-electron chi connectivity index (χ4n) is 6.33. The molecule has 0 saturated heterocycles. The number of hydrogen-bond donors (Lipinski definition) is 2. The van der Waals surface area contributed by atoms with E-state index in [0.29, 0.717) is 29.6 Å². The van der Waals surface area contributed by atoms with Gasteiger partial charge in [-0.05, 0) is 59.4 Å². The molecule has 0 spiro atoms. The molecule has 0 fully saturated rings. The number of benzene rings is 4. The first-order valence-corrected chi connectivity index (χ1v) is 16.2. The smallest absolute Gasteiger partial charge is 0.269 e. The summed E-state index contributed by atoms with van der Waals surface area (Å²) in [5.74, 6) is 1.20. The lowest BCUT2D eigenvalue weighted by Crippen LogP contribution is -2.27. The van der Waals surface area contributed by atoms with E-state index in [2.05, 4.69) is 39.5 Å². The first-order chi connectivity index (χ1) is 23.7. The topological polar surface area (TPSA) is 111 Å². The van der Waals surface area contributed by atoms with E-state index in [0.717, 1.165) is 50.0 Å². The van der Waals surface area contributed by atoms with E-state index < -0.39 is 0 Å². The van der Waals surface area contributed by atoms with Crippen molar-refractivity contribution in [3.8, 4) is 28.1 Å². The molecule has 0 aliphatic heterocycles. The van der Waals surface area contributed by atoms with Crippen molar-refractivity contribution in [1.29, 1.82) is 0 Å². The molecule has 9 nitrogen and oxygen atoms in total. The van der Waals surface area contributed by atoms with E-state index in [4.69, 9.17) is 9.72 Å². The van der Waals surface area contributed by atoms with Crippen molar-refractivity contribution in [3.63, 3.8) is 0 Å². The van der Waals surface area contributed by atoms with Crippen molar-refractivity contribution < 1.29 is 14.5 Å². The Kier molecular flexibility index (Phi) is 9.44. The molecule has 4 aromatic carbocycles. The molecule has 0 atom stereocenters. The lowest BCUT2D eigenvalue weighted by molar-refractivity contribution is -0.384. The van der Waals surface area contributed by atoms with Gasteiger partial charge < -0.3 is 19.9 Å². The average Bonchev–Trinajstić information content (AvgIpc) is 3.42. The van der Waals surface area contributed by atoms with Gasteiger partial charge in [0.1, 0.15) is 11.6 Å². The Balaban J connectivity index is 1.60. The minimum atomic E-state index is -0.383. The molecule has 0 aliphatic rings. The molecule has 6 aromatic rings. The number of methoxy groups -OCH3 is 1. The molecule has 49 heavy (non-hydrogen) atoms. The number of anilines is 1. The zero-order valence-corrected chi connectivity index (χ0v) is 28.2. The van der Waals surface area contributed by atoms with Crippen molar-refractivity contribution >= 4 is 28.3 Å². The Morgan fingerprint density at radius 3 is 2.20 bits per heavy atom. The third-order valence-electron chi connectivity index (χ3n) is 8.74. The van der Waals surface area contributed by atoms with Crippen LogP contribution in [0.1, 0.15) is 46.9 Å². The highest BCUT2D eigenvalue weighted by Crippen LogP contribution is 2.46. The van der Waals surface area contributed by atoms with Crippen molar-refractivity contribution in [1.82, 2.24) is 14.9 Å².